The van der Waals surface area contributed by atoms with Crippen LogP contribution in [0.4, 0.5) is 5.69 Å². The lowest BCUT2D eigenvalue weighted by atomic mass is 9.81. The number of ketones is 1. The number of Topliss-reactive ketones (excluding diaryl/α,β-unsaturated/α-hetero) is 1. The molecule has 0 aromatic heterocycles. The normalized spacial score (nSPS) is 18.4. The van der Waals surface area contributed by atoms with Gasteiger partial charge in [0, 0.05) is 19.8 Å². The Hall–Kier alpha value is -2.38. The van der Waals surface area contributed by atoms with Crippen molar-refractivity contribution in [2.45, 2.75) is 64.7 Å². The van der Waals surface area contributed by atoms with Crippen LogP contribution in [0.15, 0.2) is 41.3 Å². The molecular formula is C28H37NO5S. The zero-order valence-corrected chi connectivity index (χ0v) is 22.3. The third-order valence-corrected chi connectivity index (χ3v) is 8.77. The molecule has 2 aromatic carbocycles. The molecule has 0 N–H and O–H groups in total. The highest BCUT2D eigenvalue weighted by Crippen LogP contribution is 2.41. The Morgan fingerprint density at radius 1 is 1.14 bits per heavy atom. The van der Waals surface area contributed by atoms with Crippen LogP contribution in [-0.4, -0.2) is 40.6 Å². The molecule has 2 aromatic rings. The second-order valence-corrected chi connectivity index (χ2v) is 12.8. The fraction of sp³-hybridized carbons (Fsp3) is 0.536. The molecule has 2 heterocycles. The van der Waals surface area contributed by atoms with E-state index < -0.39 is 10.0 Å². The lowest BCUT2D eigenvalue weighted by molar-refractivity contribution is 0.0495. The Bertz CT molecular complexity index is 1200. The van der Waals surface area contributed by atoms with Gasteiger partial charge >= 0.3 is 0 Å². The number of anilines is 1. The molecular weight excluding hydrogens is 462 g/mol. The molecule has 1 saturated heterocycles. The number of nitrogens with zero attached hydrogens (tertiary/aromatic N) is 1. The van der Waals surface area contributed by atoms with Gasteiger partial charge < -0.3 is 9.47 Å². The van der Waals surface area contributed by atoms with E-state index >= 15 is 0 Å². The number of carbonyl (C=O) groups is 1. The quantitative estimate of drug-likeness (QED) is 0.464. The standard InChI is InChI=1S/C28H37NO5S/c1-19(2)22-6-8-26-23(14-22)16-28(4,5)18-29(26)35(31,32)24-7-9-27(25(15-24)20(3)30)34-17-21-10-12-33-13-11-21/h6-9,14-15,19,21H,10-13,16-18H2,1-5H3. The molecule has 0 radical (unpaired) electrons. The van der Waals surface area contributed by atoms with Crippen LogP contribution in [0.2, 0.25) is 0 Å². The Labute approximate surface area is 209 Å². The monoisotopic (exact) mass is 499 g/mol. The van der Waals surface area contributed by atoms with Gasteiger partial charge in [0.15, 0.2) is 5.78 Å². The van der Waals surface area contributed by atoms with Crippen molar-refractivity contribution >= 4 is 21.5 Å². The highest BCUT2D eigenvalue weighted by atomic mass is 32.2. The summed E-state index contributed by atoms with van der Waals surface area (Å²) in [5.41, 5.74) is 3.04. The first-order valence-electron chi connectivity index (χ1n) is 12.5. The first-order chi connectivity index (χ1) is 16.5. The Morgan fingerprint density at radius 3 is 2.51 bits per heavy atom. The van der Waals surface area contributed by atoms with Crippen LogP contribution in [0.3, 0.4) is 0 Å². The van der Waals surface area contributed by atoms with Crippen LogP contribution in [0.25, 0.3) is 0 Å². The van der Waals surface area contributed by atoms with Crippen LogP contribution < -0.4 is 9.04 Å². The molecule has 0 aliphatic carbocycles. The minimum atomic E-state index is -3.88. The summed E-state index contributed by atoms with van der Waals surface area (Å²) in [6, 6.07) is 10.7. The molecule has 190 valence electrons. The van der Waals surface area contributed by atoms with Crippen LogP contribution >= 0.6 is 0 Å². The average molecular weight is 500 g/mol. The number of sulfonamides is 1. The Balaban J connectivity index is 1.67. The maximum atomic E-state index is 13.9. The summed E-state index contributed by atoms with van der Waals surface area (Å²) in [6.45, 7) is 12.2. The highest BCUT2D eigenvalue weighted by Gasteiger charge is 2.37. The van der Waals surface area contributed by atoms with E-state index in [0.29, 0.717) is 36.3 Å². The van der Waals surface area contributed by atoms with Crippen LogP contribution in [-0.2, 0) is 21.2 Å². The molecule has 2 aliphatic rings. The molecule has 0 atom stereocenters. The van der Waals surface area contributed by atoms with Gasteiger partial charge in [-0.15, -0.1) is 0 Å². The van der Waals surface area contributed by atoms with Gasteiger partial charge in [0.25, 0.3) is 10.0 Å². The summed E-state index contributed by atoms with van der Waals surface area (Å²) >= 11 is 0. The molecule has 0 spiro atoms. The lowest BCUT2D eigenvalue weighted by Crippen LogP contribution is -2.44. The summed E-state index contributed by atoms with van der Waals surface area (Å²) in [4.78, 5) is 12.6. The molecule has 0 bridgehead atoms. The van der Waals surface area contributed by atoms with Crippen molar-refractivity contribution in [2.75, 3.05) is 30.7 Å². The van der Waals surface area contributed by atoms with E-state index in [1.165, 1.54) is 22.9 Å². The highest BCUT2D eigenvalue weighted by molar-refractivity contribution is 7.92. The summed E-state index contributed by atoms with van der Waals surface area (Å²) in [7, 11) is -3.88. The van der Waals surface area contributed by atoms with Crippen molar-refractivity contribution in [3.63, 3.8) is 0 Å². The van der Waals surface area contributed by atoms with Gasteiger partial charge in [-0.3, -0.25) is 9.10 Å². The summed E-state index contributed by atoms with van der Waals surface area (Å²) < 4.78 is 40.7. The van der Waals surface area contributed by atoms with Crippen LogP contribution in [0.5, 0.6) is 5.75 Å². The molecule has 4 rings (SSSR count). The maximum absolute atomic E-state index is 13.9. The van der Waals surface area contributed by atoms with Gasteiger partial charge in [-0.25, -0.2) is 8.42 Å². The van der Waals surface area contributed by atoms with E-state index in [-0.39, 0.29) is 16.1 Å². The van der Waals surface area contributed by atoms with Gasteiger partial charge in [0.05, 0.1) is 22.8 Å². The fourth-order valence-electron chi connectivity index (χ4n) is 4.93. The summed E-state index contributed by atoms with van der Waals surface area (Å²) in [5, 5.41) is 0. The van der Waals surface area contributed by atoms with Crippen LogP contribution in [0, 0.1) is 11.3 Å². The number of carbonyl (C=O) groups excluding carboxylic acids is 1. The van der Waals surface area contributed by atoms with Crippen molar-refractivity contribution in [1.29, 1.82) is 0 Å². The minimum absolute atomic E-state index is 0.109. The number of hydrogen-bond donors (Lipinski definition) is 0. The fourth-order valence-corrected chi connectivity index (χ4v) is 6.65. The van der Waals surface area contributed by atoms with Crippen molar-refractivity contribution in [2.24, 2.45) is 11.3 Å². The largest absolute Gasteiger partial charge is 0.493 e. The van der Waals surface area contributed by atoms with Crippen molar-refractivity contribution < 1.29 is 22.7 Å². The molecule has 7 heteroatoms. The predicted molar refractivity (Wildman–Crippen MR) is 138 cm³/mol. The lowest BCUT2D eigenvalue weighted by Gasteiger charge is -2.40. The van der Waals surface area contributed by atoms with E-state index in [1.807, 2.05) is 12.1 Å². The molecule has 2 aliphatic heterocycles. The summed E-state index contributed by atoms with van der Waals surface area (Å²) in [5.74, 6) is 0.950. The molecule has 6 nitrogen and oxygen atoms in total. The third-order valence-electron chi connectivity index (χ3n) is 7.01. The van der Waals surface area contributed by atoms with Gasteiger partial charge in [0.1, 0.15) is 5.75 Å². The van der Waals surface area contributed by atoms with E-state index in [4.69, 9.17) is 9.47 Å². The minimum Gasteiger partial charge on any atom is -0.493 e. The second-order valence-electron chi connectivity index (χ2n) is 11.0. The molecule has 0 saturated carbocycles. The predicted octanol–water partition coefficient (Wildman–Crippen LogP) is 5.60. The van der Waals surface area contributed by atoms with Gasteiger partial charge in [-0.05, 0) is 78.8 Å². The van der Waals surface area contributed by atoms with Crippen molar-refractivity contribution in [3.8, 4) is 5.75 Å². The number of hydrogen-bond acceptors (Lipinski definition) is 5. The number of ether oxygens (including phenoxy) is 2. The Morgan fingerprint density at radius 2 is 1.86 bits per heavy atom. The smallest absolute Gasteiger partial charge is 0.264 e. The number of benzene rings is 2. The van der Waals surface area contributed by atoms with E-state index in [0.717, 1.165) is 43.7 Å². The van der Waals surface area contributed by atoms with Gasteiger partial charge in [-0.2, -0.15) is 0 Å². The van der Waals surface area contributed by atoms with E-state index in [1.54, 1.807) is 12.1 Å². The van der Waals surface area contributed by atoms with Gasteiger partial charge in [0.2, 0.25) is 0 Å². The Kier molecular flexibility index (Phi) is 7.30. The molecule has 0 unspecified atom stereocenters. The number of fused-ring (bicyclic) bond motifs is 1. The van der Waals surface area contributed by atoms with Crippen molar-refractivity contribution in [3.05, 3.63) is 53.1 Å². The van der Waals surface area contributed by atoms with E-state index in [2.05, 4.69) is 33.8 Å². The third kappa shape index (κ3) is 5.56. The molecule has 1 fully saturated rings. The molecule has 0 amide bonds. The topological polar surface area (TPSA) is 72.9 Å². The zero-order valence-electron chi connectivity index (χ0n) is 21.5. The first kappa shape index (κ1) is 25.7. The molecule has 35 heavy (non-hydrogen) atoms. The van der Waals surface area contributed by atoms with Crippen molar-refractivity contribution in [1.82, 2.24) is 0 Å². The maximum Gasteiger partial charge on any atom is 0.264 e. The zero-order chi connectivity index (χ0) is 25.4. The second kappa shape index (κ2) is 9.94. The first-order valence-corrected chi connectivity index (χ1v) is 13.9. The number of rotatable bonds is 7. The van der Waals surface area contributed by atoms with E-state index in [9.17, 15) is 13.2 Å². The SMILES string of the molecule is CC(=O)c1cc(S(=O)(=O)N2CC(C)(C)Cc3cc(C(C)C)ccc32)ccc1OCC1CCOCC1. The average Bonchev–Trinajstić information content (AvgIpc) is 2.81. The van der Waals surface area contributed by atoms with Crippen LogP contribution in [0.1, 0.15) is 74.9 Å². The summed E-state index contributed by atoms with van der Waals surface area (Å²) in [6.07, 6.45) is 2.65. The van der Waals surface area contributed by atoms with Gasteiger partial charge in [-0.1, -0.05) is 39.8 Å².